The van der Waals surface area contributed by atoms with E-state index in [0.29, 0.717) is 37.1 Å². The van der Waals surface area contributed by atoms with Crippen molar-refractivity contribution in [3.8, 4) is 11.5 Å². The Morgan fingerprint density at radius 3 is 2.45 bits per heavy atom. The lowest BCUT2D eigenvalue weighted by Crippen LogP contribution is -2.29. The summed E-state index contributed by atoms with van der Waals surface area (Å²) in [6, 6.07) is 17.0. The molecule has 2 N–H and O–H groups in total. The molecule has 0 aliphatic rings. The molecule has 0 aliphatic carbocycles. The lowest BCUT2D eigenvalue weighted by molar-refractivity contribution is 0.0942. The minimum Gasteiger partial charge on any atom is -0.497 e. The zero-order valence-electron chi connectivity index (χ0n) is 16.5. The fourth-order valence-electron chi connectivity index (χ4n) is 2.55. The van der Waals surface area contributed by atoms with E-state index in [9.17, 15) is 4.79 Å². The molecule has 29 heavy (non-hydrogen) atoms. The minimum absolute atomic E-state index is 0.274. The molecule has 0 fully saturated rings. The van der Waals surface area contributed by atoms with E-state index < -0.39 is 0 Å². The molecule has 0 bridgehead atoms. The highest BCUT2D eigenvalue weighted by atomic mass is 16.5. The topological polar surface area (TPSA) is 85.4 Å². The normalized spacial score (nSPS) is 10.3. The Balaban J connectivity index is 1.45. The highest BCUT2D eigenvalue weighted by Gasteiger charge is 2.08. The number of nitrogens with zero attached hydrogens (tertiary/aromatic N) is 2. The molecule has 7 nitrogen and oxygen atoms in total. The van der Waals surface area contributed by atoms with Crippen molar-refractivity contribution in [1.29, 1.82) is 0 Å². The molecular formula is C22H24N4O3. The number of nitrogens with one attached hydrogen (secondary N) is 2. The van der Waals surface area contributed by atoms with Crippen LogP contribution in [-0.4, -0.2) is 36.1 Å². The zero-order valence-corrected chi connectivity index (χ0v) is 16.5. The SMILES string of the molecule is COc1ccc(OCCNC(=O)c2ccnc(NCc3ccc(C)cc3)n2)cc1. The molecule has 0 saturated heterocycles. The van der Waals surface area contributed by atoms with Crippen LogP contribution >= 0.6 is 0 Å². The van der Waals surface area contributed by atoms with Crippen LogP contribution in [0.5, 0.6) is 11.5 Å². The van der Waals surface area contributed by atoms with E-state index in [4.69, 9.17) is 9.47 Å². The number of anilines is 1. The van der Waals surface area contributed by atoms with E-state index in [2.05, 4.69) is 32.7 Å². The van der Waals surface area contributed by atoms with Crippen LogP contribution in [0.25, 0.3) is 0 Å². The quantitative estimate of drug-likeness (QED) is 0.544. The number of carbonyl (C=O) groups excluding carboxylic acids is 1. The van der Waals surface area contributed by atoms with Gasteiger partial charge in [-0.15, -0.1) is 0 Å². The van der Waals surface area contributed by atoms with Crippen molar-refractivity contribution < 1.29 is 14.3 Å². The van der Waals surface area contributed by atoms with Gasteiger partial charge in [-0.05, 0) is 42.8 Å². The largest absolute Gasteiger partial charge is 0.497 e. The van der Waals surface area contributed by atoms with Gasteiger partial charge in [0.15, 0.2) is 0 Å². The molecule has 1 amide bonds. The van der Waals surface area contributed by atoms with Crippen LogP contribution in [0.15, 0.2) is 60.8 Å². The van der Waals surface area contributed by atoms with Gasteiger partial charge >= 0.3 is 0 Å². The van der Waals surface area contributed by atoms with Crippen molar-refractivity contribution in [2.75, 3.05) is 25.6 Å². The first-order chi connectivity index (χ1) is 14.1. The smallest absolute Gasteiger partial charge is 0.270 e. The van der Waals surface area contributed by atoms with Crippen molar-refractivity contribution in [3.63, 3.8) is 0 Å². The summed E-state index contributed by atoms with van der Waals surface area (Å²) in [4.78, 5) is 20.7. The van der Waals surface area contributed by atoms with Crippen LogP contribution in [-0.2, 0) is 6.54 Å². The van der Waals surface area contributed by atoms with Gasteiger partial charge in [-0.3, -0.25) is 4.79 Å². The van der Waals surface area contributed by atoms with Crippen molar-refractivity contribution in [3.05, 3.63) is 77.6 Å². The summed E-state index contributed by atoms with van der Waals surface area (Å²) < 4.78 is 10.7. The predicted molar refractivity (Wildman–Crippen MR) is 111 cm³/mol. The van der Waals surface area contributed by atoms with E-state index in [-0.39, 0.29) is 5.91 Å². The van der Waals surface area contributed by atoms with E-state index in [1.54, 1.807) is 19.4 Å². The number of methoxy groups -OCH3 is 1. The molecule has 0 unspecified atom stereocenters. The van der Waals surface area contributed by atoms with Gasteiger partial charge in [0.05, 0.1) is 13.7 Å². The lowest BCUT2D eigenvalue weighted by Gasteiger charge is -2.09. The Labute approximate surface area is 170 Å². The molecule has 0 atom stereocenters. The third-order valence-corrected chi connectivity index (χ3v) is 4.18. The van der Waals surface area contributed by atoms with Gasteiger partial charge in [-0.2, -0.15) is 0 Å². The number of rotatable bonds is 9. The molecule has 1 aromatic heterocycles. The van der Waals surface area contributed by atoms with Crippen LogP contribution in [0, 0.1) is 6.92 Å². The van der Waals surface area contributed by atoms with Crippen molar-refractivity contribution >= 4 is 11.9 Å². The molecule has 0 aliphatic heterocycles. The van der Waals surface area contributed by atoms with Crippen LogP contribution in [0.4, 0.5) is 5.95 Å². The highest BCUT2D eigenvalue weighted by Crippen LogP contribution is 2.16. The van der Waals surface area contributed by atoms with Gasteiger partial charge in [-0.25, -0.2) is 9.97 Å². The van der Waals surface area contributed by atoms with E-state index in [0.717, 1.165) is 11.3 Å². The molecule has 2 aromatic carbocycles. The second kappa shape index (κ2) is 10.1. The first kappa shape index (κ1) is 20.1. The fraction of sp³-hybridized carbons (Fsp3) is 0.227. The first-order valence-electron chi connectivity index (χ1n) is 9.31. The van der Waals surface area contributed by atoms with Crippen molar-refractivity contribution in [2.24, 2.45) is 0 Å². The maximum Gasteiger partial charge on any atom is 0.270 e. The van der Waals surface area contributed by atoms with E-state index in [1.807, 2.05) is 43.3 Å². The average Bonchev–Trinajstić information content (AvgIpc) is 2.77. The second-order valence-corrected chi connectivity index (χ2v) is 6.38. The fourth-order valence-corrected chi connectivity index (χ4v) is 2.55. The third-order valence-electron chi connectivity index (χ3n) is 4.18. The van der Waals surface area contributed by atoms with E-state index in [1.165, 1.54) is 5.56 Å². The molecule has 0 radical (unpaired) electrons. The Morgan fingerprint density at radius 2 is 1.72 bits per heavy atom. The first-order valence-corrected chi connectivity index (χ1v) is 9.31. The Kier molecular flexibility index (Phi) is 7.00. The molecule has 0 spiro atoms. The van der Waals surface area contributed by atoms with Crippen molar-refractivity contribution in [2.45, 2.75) is 13.5 Å². The summed E-state index contributed by atoms with van der Waals surface area (Å²) >= 11 is 0. The van der Waals surface area contributed by atoms with Crippen LogP contribution in [0.3, 0.4) is 0 Å². The Bertz CT molecular complexity index is 928. The summed E-state index contributed by atoms with van der Waals surface area (Å²) in [5.74, 6) is 1.61. The van der Waals surface area contributed by atoms with Gasteiger partial charge < -0.3 is 20.1 Å². The number of aryl methyl sites for hydroxylation is 1. The number of benzene rings is 2. The van der Waals surface area contributed by atoms with Gasteiger partial charge in [0.2, 0.25) is 5.95 Å². The van der Waals surface area contributed by atoms with Crippen molar-refractivity contribution in [1.82, 2.24) is 15.3 Å². The monoisotopic (exact) mass is 392 g/mol. The minimum atomic E-state index is -0.274. The molecule has 0 saturated carbocycles. The van der Waals surface area contributed by atoms with Gasteiger partial charge in [0.25, 0.3) is 5.91 Å². The summed E-state index contributed by atoms with van der Waals surface area (Å²) in [6.07, 6.45) is 1.56. The summed E-state index contributed by atoms with van der Waals surface area (Å²) in [7, 11) is 1.61. The second-order valence-electron chi connectivity index (χ2n) is 6.38. The summed E-state index contributed by atoms with van der Waals surface area (Å²) in [6.45, 7) is 3.34. The van der Waals surface area contributed by atoms with Gasteiger partial charge in [0, 0.05) is 12.7 Å². The highest BCUT2D eigenvalue weighted by molar-refractivity contribution is 5.92. The van der Waals surface area contributed by atoms with Gasteiger partial charge in [-0.1, -0.05) is 29.8 Å². The van der Waals surface area contributed by atoms with Crippen LogP contribution < -0.4 is 20.1 Å². The zero-order chi connectivity index (χ0) is 20.5. The number of hydrogen-bond donors (Lipinski definition) is 2. The number of hydrogen-bond acceptors (Lipinski definition) is 6. The number of amides is 1. The molecule has 7 heteroatoms. The number of ether oxygens (including phenoxy) is 2. The average molecular weight is 392 g/mol. The predicted octanol–water partition coefficient (Wildman–Crippen LogP) is 3.21. The van der Waals surface area contributed by atoms with Crippen LogP contribution in [0.1, 0.15) is 21.6 Å². The Morgan fingerprint density at radius 1 is 1.00 bits per heavy atom. The maximum atomic E-state index is 12.3. The third kappa shape index (κ3) is 6.21. The standard InChI is InChI=1S/C22H24N4O3/c1-16-3-5-17(6-4-16)15-25-22-24-12-11-20(26-22)21(27)23-13-14-29-19-9-7-18(28-2)8-10-19/h3-12H,13-15H2,1-2H3,(H,23,27)(H,24,25,26). The van der Waals surface area contributed by atoms with Crippen LogP contribution in [0.2, 0.25) is 0 Å². The summed E-state index contributed by atoms with van der Waals surface area (Å²) in [5.41, 5.74) is 2.63. The maximum absolute atomic E-state index is 12.3. The summed E-state index contributed by atoms with van der Waals surface area (Å²) in [5, 5.41) is 5.93. The molecular weight excluding hydrogens is 368 g/mol. The molecule has 3 aromatic rings. The number of aromatic nitrogens is 2. The Hall–Kier alpha value is -3.61. The lowest BCUT2D eigenvalue weighted by atomic mass is 10.1. The molecule has 1 heterocycles. The van der Waals surface area contributed by atoms with E-state index >= 15 is 0 Å². The molecule has 150 valence electrons. The molecule has 3 rings (SSSR count). The number of carbonyl (C=O) groups is 1. The van der Waals surface area contributed by atoms with Gasteiger partial charge in [0.1, 0.15) is 23.8 Å².